The molecule has 0 nitrogen and oxygen atoms in total. The molecule has 1 aromatic carbocycles. The van der Waals surface area contributed by atoms with E-state index in [9.17, 15) is 0 Å². The summed E-state index contributed by atoms with van der Waals surface area (Å²) in [5.41, 5.74) is 6.89. The van der Waals surface area contributed by atoms with Crippen LogP contribution in [0, 0.1) is 34.3 Å². The van der Waals surface area contributed by atoms with Crippen LogP contribution in [0.5, 0.6) is 0 Å². The van der Waals surface area contributed by atoms with Gasteiger partial charge < -0.3 is 0 Å². The monoisotopic (exact) mass is 173 g/mol. The maximum absolute atomic E-state index is 5.44. The Labute approximate surface area is 81.3 Å². The lowest BCUT2D eigenvalue weighted by Gasteiger charge is -2.12. The first-order valence-corrected chi connectivity index (χ1v) is 4.67. The van der Waals surface area contributed by atoms with Crippen molar-refractivity contribution in [1.82, 2.24) is 0 Å². The summed E-state index contributed by atoms with van der Waals surface area (Å²) in [6, 6.07) is 2.24. The van der Waals surface area contributed by atoms with E-state index in [4.69, 9.17) is 6.58 Å². The third-order valence-corrected chi connectivity index (χ3v) is 2.93. The zero-order valence-electron chi connectivity index (χ0n) is 8.94. The molecule has 0 saturated heterocycles. The molecular weight excluding hydrogens is 156 g/mol. The summed E-state index contributed by atoms with van der Waals surface area (Å²) in [4.78, 5) is 0. The first kappa shape index (κ1) is 10.0. The van der Waals surface area contributed by atoms with Crippen molar-refractivity contribution in [3.63, 3.8) is 0 Å². The molecule has 0 saturated carbocycles. The SMILES string of the molecule is [CH]=CCc1cc(C)c(C)c(C)c1C. The highest BCUT2D eigenvalue weighted by Crippen LogP contribution is 2.21. The maximum atomic E-state index is 5.44. The molecule has 0 heterocycles. The summed E-state index contributed by atoms with van der Waals surface area (Å²) in [6.45, 7) is 14.1. The third kappa shape index (κ3) is 1.82. The van der Waals surface area contributed by atoms with Crippen LogP contribution in [-0.2, 0) is 6.42 Å². The average Bonchev–Trinajstić information content (AvgIpc) is 2.11. The smallest absolute Gasteiger partial charge is 0.00915 e. The van der Waals surface area contributed by atoms with E-state index in [-0.39, 0.29) is 0 Å². The number of allylic oxidation sites excluding steroid dienone is 1. The van der Waals surface area contributed by atoms with Crippen LogP contribution in [0.15, 0.2) is 12.1 Å². The quantitative estimate of drug-likeness (QED) is 0.642. The molecule has 0 bridgehead atoms. The molecule has 0 aliphatic heterocycles. The number of benzene rings is 1. The fourth-order valence-electron chi connectivity index (χ4n) is 1.63. The van der Waals surface area contributed by atoms with Gasteiger partial charge in [-0.15, -0.1) is 0 Å². The summed E-state index contributed by atoms with van der Waals surface area (Å²) in [6.07, 6.45) is 2.59. The summed E-state index contributed by atoms with van der Waals surface area (Å²) in [5, 5.41) is 0. The van der Waals surface area contributed by atoms with E-state index in [0.717, 1.165) is 6.42 Å². The molecule has 13 heavy (non-hydrogen) atoms. The number of hydrogen-bond acceptors (Lipinski definition) is 0. The summed E-state index contributed by atoms with van der Waals surface area (Å²) >= 11 is 0. The van der Waals surface area contributed by atoms with Crippen LogP contribution < -0.4 is 0 Å². The zero-order valence-corrected chi connectivity index (χ0v) is 8.94. The van der Waals surface area contributed by atoms with Crippen molar-refractivity contribution >= 4 is 0 Å². The minimum absolute atomic E-state index is 0.869. The number of rotatable bonds is 2. The molecule has 0 heteroatoms. The molecule has 0 fully saturated rings. The van der Waals surface area contributed by atoms with Gasteiger partial charge in [0.1, 0.15) is 0 Å². The summed E-state index contributed by atoms with van der Waals surface area (Å²) in [5.74, 6) is 0. The van der Waals surface area contributed by atoms with E-state index in [2.05, 4.69) is 33.8 Å². The van der Waals surface area contributed by atoms with Gasteiger partial charge in [0.2, 0.25) is 0 Å². The van der Waals surface area contributed by atoms with E-state index in [1.54, 1.807) is 6.08 Å². The Hall–Kier alpha value is -1.04. The van der Waals surface area contributed by atoms with Gasteiger partial charge in [-0.2, -0.15) is 0 Å². The van der Waals surface area contributed by atoms with Gasteiger partial charge in [0.05, 0.1) is 0 Å². The second-order valence-corrected chi connectivity index (χ2v) is 3.67. The van der Waals surface area contributed by atoms with E-state index in [1.165, 1.54) is 27.8 Å². The minimum Gasteiger partial charge on any atom is -0.0801 e. The Morgan fingerprint density at radius 3 is 2.23 bits per heavy atom. The Bertz CT molecular complexity index is 332. The molecule has 1 aromatic rings. The fourth-order valence-corrected chi connectivity index (χ4v) is 1.63. The Kier molecular flexibility index (Phi) is 2.92. The largest absolute Gasteiger partial charge is 0.0801 e. The lowest BCUT2D eigenvalue weighted by Crippen LogP contribution is -1.96. The van der Waals surface area contributed by atoms with Crippen molar-refractivity contribution < 1.29 is 0 Å². The molecule has 0 atom stereocenters. The van der Waals surface area contributed by atoms with Gasteiger partial charge in [-0.1, -0.05) is 18.7 Å². The van der Waals surface area contributed by atoms with Crippen molar-refractivity contribution in [3.05, 3.63) is 46.5 Å². The second kappa shape index (κ2) is 3.78. The maximum Gasteiger partial charge on any atom is -0.00915 e. The lowest BCUT2D eigenvalue weighted by atomic mass is 9.93. The minimum atomic E-state index is 0.869. The van der Waals surface area contributed by atoms with E-state index >= 15 is 0 Å². The van der Waals surface area contributed by atoms with Gasteiger partial charge >= 0.3 is 0 Å². The van der Waals surface area contributed by atoms with Crippen molar-refractivity contribution in [2.75, 3.05) is 0 Å². The fraction of sp³-hybridized carbons (Fsp3) is 0.385. The highest BCUT2D eigenvalue weighted by Gasteiger charge is 2.05. The molecule has 1 radical (unpaired) electrons. The predicted octanol–water partition coefficient (Wildman–Crippen LogP) is 3.45. The van der Waals surface area contributed by atoms with Crippen molar-refractivity contribution in [2.45, 2.75) is 34.1 Å². The van der Waals surface area contributed by atoms with Gasteiger partial charge in [0, 0.05) is 0 Å². The summed E-state index contributed by atoms with van der Waals surface area (Å²) < 4.78 is 0. The van der Waals surface area contributed by atoms with Crippen LogP contribution in [0.4, 0.5) is 0 Å². The van der Waals surface area contributed by atoms with Gasteiger partial charge in [-0.25, -0.2) is 0 Å². The molecule has 0 amide bonds. The molecule has 0 aliphatic carbocycles. The highest BCUT2D eigenvalue weighted by molar-refractivity contribution is 5.44. The normalized spacial score (nSPS) is 10.2. The van der Waals surface area contributed by atoms with E-state index in [1.807, 2.05) is 0 Å². The highest BCUT2D eigenvalue weighted by atomic mass is 14.1. The zero-order chi connectivity index (χ0) is 10.0. The van der Waals surface area contributed by atoms with Gasteiger partial charge in [0.15, 0.2) is 0 Å². The summed E-state index contributed by atoms with van der Waals surface area (Å²) in [7, 11) is 0. The lowest BCUT2D eigenvalue weighted by molar-refractivity contribution is 1.13. The Morgan fingerprint density at radius 2 is 1.69 bits per heavy atom. The molecule has 0 spiro atoms. The Balaban J connectivity index is 3.31. The van der Waals surface area contributed by atoms with Crippen molar-refractivity contribution in [3.8, 4) is 0 Å². The third-order valence-electron chi connectivity index (χ3n) is 2.93. The molecule has 1 rings (SSSR count). The van der Waals surface area contributed by atoms with E-state index in [0.29, 0.717) is 0 Å². The Morgan fingerprint density at radius 1 is 1.08 bits per heavy atom. The van der Waals surface area contributed by atoms with Crippen molar-refractivity contribution in [2.24, 2.45) is 0 Å². The molecule has 69 valence electrons. The molecule has 0 aromatic heterocycles. The second-order valence-electron chi connectivity index (χ2n) is 3.67. The number of aryl methyl sites for hydroxylation is 1. The molecule has 0 N–H and O–H groups in total. The molecule has 0 unspecified atom stereocenters. The predicted molar refractivity (Wildman–Crippen MR) is 58.0 cm³/mol. The van der Waals surface area contributed by atoms with Crippen LogP contribution in [0.2, 0.25) is 0 Å². The first-order chi connectivity index (χ1) is 6.07. The first-order valence-electron chi connectivity index (χ1n) is 4.67. The van der Waals surface area contributed by atoms with Crippen molar-refractivity contribution in [1.29, 1.82) is 0 Å². The van der Waals surface area contributed by atoms with Gasteiger partial charge in [-0.05, 0) is 61.9 Å². The van der Waals surface area contributed by atoms with Crippen LogP contribution in [-0.4, -0.2) is 0 Å². The molecule has 0 aliphatic rings. The topological polar surface area (TPSA) is 0 Å². The van der Waals surface area contributed by atoms with Crippen LogP contribution in [0.1, 0.15) is 27.8 Å². The average molecular weight is 173 g/mol. The van der Waals surface area contributed by atoms with Gasteiger partial charge in [-0.3, -0.25) is 0 Å². The number of hydrogen-bond donors (Lipinski definition) is 0. The van der Waals surface area contributed by atoms with Crippen LogP contribution in [0.25, 0.3) is 0 Å². The van der Waals surface area contributed by atoms with E-state index < -0.39 is 0 Å². The molecular formula is C13H17. The van der Waals surface area contributed by atoms with Crippen LogP contribution >= 0.6 is 0 Å². The standard InChI is InChI=1S/C13H17/c1-6-7-13-8-9(2)10(3)11(4)12(13)5/h1,6,8H,7H2,2-5H3. The van der Waals surface area contributed by atoms with Gasteiger partial charge in [0.25, 0.3) is 0 Å². The van der Waals surface area contributed by atoms with Crippen LogP contribution in [0.3, 0.4) is 0 Å².